The molecule has 0 saturated heterocycles. The Morgan fingerprint density at radius 2 is 1.75 bits per heavy atom. The molecule has 0 bridgehead atoms. The standard InChI is InChI=1S/C8H18I2OSi/c1-3-5-6-7-8-12(9,10)11-4-2/h3-8H2,1-2H3. The van der Waals surface area contributed by atoms with Gasteiger partial charge in [0.2, 0.25) is 0 Å². The zero-order chi connectivity index (χ0) is 9.45. The summed E-state index contributed by atoms with van der Waals surface area (Å²) >= 11 is 5.06. The molecule has 74 valence electrons. The van der Waals surface area contributed by atoms with Crippen LogP contribution in [0, 0.1) is 0 Å². The fourth-order valence-electron chi connectivity index (χ4n) is 1.04. The number of rotatable bonds is 7. The normalized spacial score (nSPS) is 12.0. The SMILES string of the molecule is CCCCCC[Si](I)(I)OCC. The highest BCUT2D eigenvalue weighted by Gasteiger charge is 2.26. The smallest absolute Gasteiger partial charge is 0.325 e. The quantitative estimate of drug-likeness (QED) is 0.261. The summed E-state index contributed by atoms with van der Waals surface area (Å²) in [6.07, 6.45) is 5.44. The molecule has 0 aromatic rings. The molecule has 0 saturated carbocycles. The molecule has 0 aliphatic heterocycles. The molecule has 0 aliphatic rings. The summed E-state index contributed by atoms with van der Waals surface area (Å²) in [6.45, 7) is 5.22. The Kier molecular flexibility index (Phi) is 9.08. The van der Waals surface area contributed by atoms with Crippen molar-refractivity contribution >= 4 is 46.9 Å². The minimum atomic E-state index is -1.31. The van der Waals surface area contributed by atoms with Crippen molar-refractivity contribution in [3.63, 3.8) is 0 Å². The third kappa shape index (κ3) is 8.24. The Bertz CT molecular complexity index is 109. The monoisotopic (exact) mass is 412 g/mol. The maximum atomic E-state index is 5.72. The lowest BCUT2D eigenvalue weighted by molar-refractivity contribution is 0.354. The van der Waals surface area contributed by atoms with E-state index in [4.69, 9.17) is 4.43 Å². The molecule has 12 heavy (non-hydrogen) atoms. The van der Waals surface area contributed by atoms with E-state index in [0.29, 0.717) is 0 Å². The van der Waals surface area contributed by atoms with Crippen molar-refractivity contribution in [1.29, 1.82) is 0 Å². The van der Waals surface area contributed by atoms with Crippen LogP contribution in [-0.2, 0) is 4.43 Å². The van der Waals surface area contributed by atoms with Gasteiger partial charge in [-0.3, -0.25) is 0 Å². The Morgan fingerprint density at radius 3 is 2.25 bits per heavy atom. The van der Waals surface area contributed by atoms with Crippen LogP contribution in [-0.4, -0.2) is 9.92 Å². The van der Waals surface area contributed by atoms with Gasteiger partial charge in [-0.15, -0.1) is 0 Å². The first-order valence-electron chi connectivity index (χ1n) is 4.64. The summed E-state index contributed by atoms with van der Waals surface area (Å²) in [5.41, 5.74) is 0. The Balaban J connectivity index is 3.33. The van der Waals surface area contributed by atoms with E-state index >= 15 is 0 Å². The van der Waals surface area contributed by atoms with E-state index in [0.717, 1.165) is 6.61 Å². The number of unbranched alkanes of at least 4 members (excludes halogenated alkanes) is 3. The van der Waals surface area contributed by atoms with Gasteiger partial charge >= 0.3 is 3.31 Å². The first kappa shape index (κ1) is 13.6. The second-order valence-corrected chi connectivity index (χ2v) is 21.6. The summed E-state index contributed by atoms with van der Waals surface area (Å²) in [4.78, 5) is 0. The predicted molar refractivity (Wildman–Crippen MR) is 74.4 cm³/mol. The molecule has 0 aromatic carbocycles. The maximum Gasteiger partial charge on any atom is 0.325 e. The van der Waals surface area contributed by atoms with E-state index in [1.165, 1.54) is 31.7 Å². The van der Waals surface area contributed by atoms with Crippen LogP contribution in [0.25, 0.3) is 0 Å². The van der Waals surface area contributed by atoms with E-state index in [9.17, 15) is 0 Å². The van der Waals surface area contributed by atoms with Crippen LogP contribution in [0.4, 0.5) is 0 Å². The van der Waals surface area contributed by atoms with Gasteiger partial charge in [-0.05, 0) is 13.0 Å². The zero-order valence-electron chi connectivity index (χ0n) is 7.91. The molecule has 0 amide bonds. The second kappa shape index (κ2) is 7.99. The predicted octanol–water partition coefficient (Wildman–Crippen LogP) is 4.41. The summed E-state index contributed by atoms with van der Waals surface area (Å²) in [5.74, 6) is 0. The van der Waals surface area contributed by atoms with Crippen molar-refractivity contribution < 1.29 is 4.43 Å². The number of hydrogen-bond acceptors (Lipinski definition) is 1. The fraction of sp³-hybridized carbons (Fsp3) is 1.00. The van der Waals surface area contributed by atoms with Gasteiger partial charge in [0.25, 0.3) is 0 Å². The minimum Gasteiger partial charge on any atom is -0.400 e. The molecule has 0 aromatic heterocycles. The van der Waals surface area contributed by atoms with E-state index in [1.54, 1.807) is 0 Å². The van der Waals surface area contributed by atoms with E-state index in [1.807, 2.05) is 0 Å². The molecule has 0 aliphatic carbocycles. The molecule has 4 heteroatoms. The van der Waals surface area contributed by atoms with E-state index in [2.05, 4.69) is 57.4 Å². The van der Waals surface area contributed by atoms with E-state index < -0.39 is 3.31 Å². The van der Waals surface area contributed by atoms with Crippen LogP contribution < -0.4 is 0 Å². The van der Waals surface area contributed by atoms with Crippen molar-refractivity contribution in [2.45, 2.75) is 45.6 Å². The van der Waals surface area contributed by atoms with Crippen molar-refractivity contribution in [2.24, 2.45) is 0 Å². The first-order valence-corrected chi connectivity index (χ1v) is 13.0. The van der Waals surface area contributed by atoms with Crippen LogP contribution in [0.5, 0.6) is 0 Å². The van der Waals surface area contributed by atoms with Crippen molar-refractivity contribution in [1.82, 2.24) is 0 Å². The van der Waals surface area contributed by atoms with Gasteiger partial charge in [-0.2, -0.15) is 0 Å². The van der Waals surface area contributed by atoms with Gasteiger partial charge in [-0.25, -0.2) is 0 Å². The third-order valence-electron chi connectivity index (χ3n) is 1.68. The lowest BCUT2D eigenvalue weighted by Crippen LogP contribution is -2.22. The van der Waals surface area contributed by atoms with Gasteiger partial charge in [0, 0.05) is 6.61 Å². The second-order valence-electron chi connectivity index (χ2n) is 2.88. The molecule has 0 unspecified atom stereocenters. The fourth-order valence-corrected chi connectivity index (χ4v) is 6.43. The van der Waals surface area contributed by atoms with E-state index in [-0.39, 0.29) is 0 Å². The summed E-state index contributed by atoms with van der Waals surface area (Å²) < 4.78 is 4.41. The molecule has 0 N–H and O–H groups in total. The summed E-state index contributed by atoms with van der Waals surface area (Å²) in [6, 6.07) is 1.31. The average molecular weight is 412 g/mol. The van der Waals surface area contributed by atoms with Crippen molar-refractivity contribution in [3.05, 3.63) is 0 Å². The van der Waals surface area contributed by atoms with Crippen LogP contribution in [0.3, 0.4) is 0 Å². The molecular formula is C8H18I2OSi. The molecule has 0 rings (SSSR count). The third-order valence-corrected chi connectivity index (χ3v) is 8.43. The molecule has 0 heterocycles. The molecule has 0 spiro atoms. The maximum absolute atomic E-state index is 5.72. The van der Waals surface area contributed by atoms with Gasteiger partial charge in [0.15, 0.2) is 0 Å². The highest BCUT2D eigenvalue weighted by molar-refractivity contribution is 14.3. The van der Waals surface area contributed by atoms with Crippen LogP contribution in [0.15, 0.2) is 0 Å². The zero-order valence-corrected chi connectivity index (χ0v) is 13.2. The summed E-state index contributed by atoms with van der Waals surface area (Å²) in [5, 5.41) is 0. The molecule has 1 nitrogen and oxygen atoms in total. The topological polar surface area (TPSA) is 9.23 Å². The Morgan fingerprint density at radius 1 is 1.08 bits per heavy atom. The minimum absolute atomic E-state index is 0.881. The lowest BCUT2D eigenvalue weighted by atomic mass is 10.2. The van der Waals surface area contributed by atoms with Gasteiger partial charge in [-0.1, -0.05) is 76.2 Å². The van der Waals surface area contributed by atoms with Crippen LogP contribution in [0.1, 0.15) is 39.5 Å². The highest BCUT2D eigenvalue weighted by Crippen LogP contribution is 2.30. The van der Waals surface area contributed by atoms with Crippen molar-refractivity contribution in [3.8, 4) is 0 Å². The van der Waals surface area contributed by atoms with Gasteiger partial charge < -0.3 is 4.43 Å². The largest absolute Gasteiger partial charge is 0.400 e. The van der Waals surface area contributed by atoms with Crippen LogP contribution >= 0.6 is 43.6 Å². The first-order chi connectivity index (χ1) is 5.62. The molecule has 0 radical (unpaired) electrons. The van der Waals surface area contributed by atoms with Crippen molar-refractivity contribution in [2.75, 3.05) is 6.61 Å². The van der Waals surface area contributed by atoms with Gasteiger partial charge in [0.05, 0.1) is 0 Å². The summed E-state index contributed by atoms with van der Waals surface area (Å²) in [7, 11) is 0. The molecular weight excluding hydrogens is 394 g/mol. The number of hydrogen-bond donors (Lipinski definition) is 0. The Labute approximate surface area is 103 Å². The number of halogens is 2. The van der Waals surface area contributed by atoms with Gasteiger partial charge in [0.1, 0.15) is 0 Å². The molecule has 0 atom stereocenters. The highest BCUT2D eigenvalue weighted by atomic mass is 127. The lowest BCUT2D eigenvalue weighted by Gasteiger charge is -2.16. The Hall–Kier alpha value is 1.64. The van der Waals surface area contributed by atoms with Crippen LogP contribution in [0.2, 0.25) is 6.04 Å². The average Bonchev–Trinajstić information content (AvgIpc) is 1.98. The molecule has 0 fully saturated rings.